The number of aryl methyl sites for hydroxylation is 1. The van der Waals surface area contributed by atoms with Gasteiger partial charge in [-0.1, -0.05) is 60.2 Å². The maximum atomic E-state index is 12.4. The van der Waals surface area contributed by atoms with Gasteiger partial charge >= 0.3 is 0 Å². The Bertz CT molecular complexity index is 806. The second kappa shape index (κ2) is 9.17. The zero-order chi connectivity index (χ0) is 19.1. The van der Waals surface area contributed by atoms with Crippen molar-refractivity contribution >= 4 is 17.9 Å². The van der Waals surface area contributed by atoms with Gasteiger partial charge in [-0.2, -0.15) is 0 Å². The van der Waals surface area contributed by atoms with Gasteiger partial charge in [0.25, 0.3) is 0 Å². The Kier molecular flexibility index (Phi) is 6.42. The number of likely N-dealkylation sites (tertiary alicyclic amines) is 1. The molecule has 2 amide bonds. The van der Waals surface area contributed by atoms with Crippen molar-refractivity contribution in [3.8, 4) is 0 Å². The SMILES string of the molecule is Cc1cccc(C=CC(=O)N2CCC(C(=O)NCc3ccccc3)CC2)c1. The fourth-order valence-electron chi connectivity index (χ4n) is 3.34. The van der Waals surface area contributed by atoms with E-state index in [1.54, 1.807) is 6.08 Å². The van der Waals surface area contributed by atoms with Crippen molar-refractivity contribution in [1.29, 1.82) is 0 Å². The van der Waals surface area contributed by atoms with Crippen LogP contribution in [0.2, 0.25) is 0 Å². The van der Waals surface area contributed by atoms with Gasteiger partial charge in [-0.15, -0.1) is 0 Å². The van der Waals surface area contributed by atoms with Crippen molar-refractivity contribution < 1.29 is 9.59 Å². The number of hydrogen-bond acceptors (Lipinski definition) is 2. The average molecular weight is 362 g/mol. The molecule has 1 saturated heterocycles. The minimum atomic E-state index is -0.0153. The molecule has 0 aliphatic carbocycles. The quantitative estimate of drug-likeness (QED) is 0.827. The first-order valence-electron chi connectivity index (χ1n) is 9.47. The van der Waals surface area contributed by atoms with Crippen LogP contribution in [-0.4, -0.2) is 29.8 Å². The standard InChI is InChI=1S/C23H26N2O2/c1-18-6-5-9-19(16-18)10-11-22(26)25-14-12-21(13-15-25)23(27)24-17-20-7-3-2-4-8-20/h2-11,16,21H,12-15,17H2,1H3,(H,24,27). The molecule has 1 N–H and O–H groups in total. The minimum absolute atomic E-state index is 0.0136. The van der Waals surface area contributed by atoms with Crippen LogP contribution in [0, 0.1) is 12.8 Å². The monoisotopic (exact) mass is 362 g/mol. The molecule has 0 radical (unpaired) electrons. The van der Waals surface area contributed by atoms with Crippen LogP contribution in [0.1, 0.15) is 29.5 Å². The van der Waals surface area contributed by atoms with Gasteiger partial charge in [0.1, 0.15) is 0 Å². The zero-order valence-electron chi connectivity index (χ0n) is 15.7. The normalized spacial score (nSPS) is 15.1. The van der Waals surface area contributed by atoms with Gasteiger partial charge in [0.2, 0.25) is 11.8 Å². The molecule has 0 bridgehead atoms. The third-order valence-electron chi connectivity index (χ3n) is 4.95. The third-order valence-corrected chi connectivity index (χ3v) is 4.95. The zero-order valence-corrected chi connectivity index (χ0v) is 15.7. The molecule has 4 heteroatoms. The Morgan fingerprint density at radius 2 is 1.81 bits per heavy atom. The number of piperidine rings is 1. The average Bonchev–Trinajstić information content (AvgIpc) is 2.71. The smallest absolute Gasteiger partial charge is 0.246 e. The lowest BCUT2D eigenvalue weighted by atomic mass is 9.95. The summed E-state index contributed by atoms with van der Waals surface area (Å²) in [4.78, 5) is 26.6. The lowest BCUT2D eigenvalue weighted by molar-refractivity contribution is -0.132. The molecular formula is C23H26N2O2. The summed E-state index contributed by atoms with van der Waals surface area (Å²) >= 11 is 0. The first-order chi connectivity index (χ1) is 13.1. The molecule has 1 aliphatic rings. The molecule has 1 aliphatic heterocycles. The number of benzene rings is 2. The van der Waals surface area contributed by atoms with E-state index in [4.69, 9.17) is 0 Å². The largest absolute Gasteiger partial charge is 0.352 e. The Morgan fingerprint density at radius 3 is 2.52 bits per heavy atom. The van der Waals surface area contributed by atoms with E-state index in [1.165, 1.54) is 5.56 Å². The molecule has 2 aromatic carbocycles. The first kappa shape index (κ1) is 18.9. The van der Waals surface area contributed by atoms with Crippen LogP contribution in [0.25, 0.3) is 6.08 Å². The number of carbonyl (C=O) groups excluding carboxylic acids is 2. The Morgan fingerprint density at radius 1 is 1.07 bits per heavy atom. The number of rotatable bonds is 5. The van der Waals surface area contributed by atoms with Gasteiger partial charge in [-0.05, 0) is 37.0 Å². The van der Waals surface area contributed by atoms with E-state index in [9.17, 15) is 9.59 Å². The molecule has 2 aromatic rings. The minimum Gasteiger partial charge on any atom is -0.352 e. The molecule has 0 aromatic heterocycles. The van der Waals surface area contributed by atoms with E-state index >= 15 is 0 Å². The summed E-state index contributed by atoms with van der Waals surface area (Å²) < 4.78 is 0. The summed E-state index contributed by atoms with van der Waals surface area (Å²) in [7, 11) is 0. The highest BCUT2D eigenvalue weighted by molar-refractivity contribution is 5.92. The number of amides is 2. The van der Waals surface area contributed by atoms with Crippen LogP contribution in [0.15, 0.2) is 60.7 Å². The van der Waals surface area contributed by atoms with Crippen molar-refractivity contribution in [1.82, 2.24) is 10.2 Å². The number of carbonyl (C=O) groups is 2. The van der Waals surface area contributed by atoms with Crippen molar-refractivity contribution in [2.75, 3.05) is 13.1 Å². The second-order valence-corrected chi connectivity index (χ2v) is 7.05. The third kappa shape index (κ3) is 5.55. The summed E-state index contributed by atoms with van der Waals surface area (Å²) in [6.45, 7) is 3.84. The maximum Gasteiger partial charge on any atom is 0.246 e. The first-order valence-corrected chi connectivity index (χ1v) is 9.47. The topological polar surface area (TPSA) is 49.4 Å². The Hall–Kier alpha value is -2.88. The molecule has 1 heterocycles. The van der Waals surface area contributed by atoms with E-state index in [2.05, 4.69) is 5.32 Å². The van der Waals surface area contributed by atoms with Crippen molar-refractivity contribution in [3.05, 3.63) is 77.4 Å². The summed E-state index contributed by atoms with van der Waals surface area (Å²) in [6.07, 6.45) is 4.91. The molecule has 0 atom stereocenters. The number of hydrogen-bond donors (Lipinski definition) is 1. The van der Waals surface area contributed by atoms with Crippen molar-refractivity contribution in [2.45, 2.75) is 26.3 Å². The molecule has 4 nitrogen and oxygen atoms in total. The van der Waals surface area contributed by atoms with Crippen LogP contribution >= 0.6 is 0 Å². The highest BCUT2D eigenvalue weighted by Crippen LogP contribution is 2.18. The van der Waals surface area contributed by atoms with E-state index in [0.717, 1.165) is 11.1 Å². The summed E-state index contributed by atoms with van der Waals surface area (Å²) in [5.41, 5.74) is 3.30. The van der Waals surface area contributed by atoms with E-state index in [1.807, 2.05) is 72.5 Å². The fraction of sp³-hybridized carbons (Fsp3) is 0.304. The molecule has 140 valence electrons. The van der Waals surface area contributed by atoms with Gasteiger partial charge < -0.3 is 10.2 Å². The molecule has 3 rings (SSSR count). The van der Waals surface area contributed by atoms with Gasteiger partial charge in [0.05, 0.1) is 0 Å². The van der Waals surface area contributed by atoms with Crippen molar-refractivity contribution in [2.24, 2.45) is 5.92 Å². The van der Waals surface area contributed by atoms with E-state index in [-0.39, 0.29) is 17.7 Å². The summed E-state index contributed by atoms with van der Waals surface area (Å²) in [5, 5.41) is 3.01. The molecular weight excluding hydrogens is 336 g/mol. The Balaban J connectivity index is 1.45. The molecule has 0 saturated carbocycles. The number of nitrogens with zero attached hydrogens (tertiary/aromatic N) is 1. The van der Waals surface area contributed by atoms with Gasteiger partial charge in [0, 0.05) is 31.6 Å². The molecule has 27 heavy (non-hydrogen) atoms. The van der Waals surface area contributed by atoms with E-state index in [0.29, 0.717) is 32.5 Å². The van der Waals surface area contributed by atoms with Crippen LogP contribution < -0.4 is 5.32 Å². The predicted octanol–water partition coefficient (Wildman–Crippen LogP) is 3.56. The summed E-state index contributed by atoms with van der Waals surface area (Å²) in [6, 6.07) is 18.0. The molecule has 0 unspecified atom stereocenters. The lowest BCUT2D eigenvalue weighted by Gasteiger charge is -2.30. The van der Waals surface area contributed by atoms with Gasteiger partial charge in [0.15, 0.2) is 0 Å². The van der Waals surface area contributed by atoms with Gasteiger partial charge in [-0.25, -0.2) is 0 Å². The van der Waals surface area contributed by atoms with E-state index < -0.39 is 0 Å². The Labute approximate surface area is 160 Å². The molecule has 1 fully saturated rings. The highest BCUT2D eigenvalue weighted by atomic mass is 16.2. The van der Waals surface area contributed by atoms with Crippen LogP contribution in [0.4, 0.5) is 0 Å². The predicted molar refractivity (Wildman–Crippen MR) is 108 cm³/mol. The lowest BCUT2D eigenvalue weighted by Crippen LogP contribution is -2.42. The number of nitrogens with one attached hydrogen (secondary N) is 1. The van der Waals surface area contributed by atoms with Crippen LogP contribution in [-0.2, 0) is 16.1 Å². The second-order valence-electron chi connectivity index (χ2n) is 7.05. The summed E-state index contributed by atoms with van der Waals surface area (Å²) in [5.74, 6) is 0.0828. The highest BCUT2D eigenvalue weighted by Gasteiger charge is 2.26. The van der Waals surface area contributed by atoms with Crippen LogP contribution in [0.3, 0.4) is 0 Å². The van der Waals surface area contributed by atoms with Gasteiger partial charge in [-0.3, -0.25) is 9.59 Å². The maximum absolute atomic E-state index is 12.4. The van der Waals surface area contributed by atoms with Crippen LogP contribution in [0.5, 0.6) is 0 Å². The fourth-order valence-corrected chi connectivity index (χ4v) is 3.34. The van der Waals surface area contributed by atoms with Crippen molar-refractivity contribution in [3.63, 3.8) is 0 Å². The molecule has 0 spiro atoms.